The van der Waals surface area contributed by atoms with E-state index in [1.807, 2.05) is 0 Å². The van der Waals surface area contributed by atoms with E-state index in [2.05, 4.69) is 15.5 Å². The van der Waals surface area contributed by atoms with Gasteiger partial charge in [-0.1, -0.05) is 12.8 Å². The molecule has 0 atom stereocenters. The zero-order chi connectivity index (χ0) is 18.0. The first-order valence-electron chi connectivity index (χ1n) is 11.0. The molecule has 2 aliphatic carbocycles. The SMILES string of the molecule is O=C(NC1CCC(C(=O)N2CCC3(CCNC3)CC2)CC1)C1CCCC1. The third-order valence-electron chi connectivity index (χ3n) is 7.62. The molecule has 26 heavy (non-hydrogen) atoms. The summed E-state index contributed by atoms with van der Waals surface area (Å²) >= 11 is 0. The maximum atomic E-state index is 12.9. The quantitative estimate of drug-likeness (QED) is 0.812. The van der Waals surface area contributed by atoms with Crippen molar-refractivity contribution in [3.63, 3.8) is 0 Å². The molecule has 2 N–H and O–H groups in total. The zero-order valence-electron chi connectivity index (χ0n) is 16.1. The van der Waals surface area contributed by atoms with Gasteiger partial charge in [0.05, 0.1) is 0 Å². The highest BCUT2D eigenvalue weighted by Crippen LogP contribution is 2.38. The molecule has 4 fully saturated rings. The van der Waals surface area contributed by atoms with Gasteiger partial charge in [0.1, 0.15) is 0 Å². The summed E-state index contributed by atoms with van der Waals surface area (Å²) in [6, 6.07) is 0.293. The number of carbonyl (C=O) groups excluding carboxylic acids is 2. The second-order valence-corrected chi connectivity index (χ2v) is 9.29. The topological polar surface area (TPSA) is 61.4 Å². The van der Waals surface area contributed by atoms with Crippen molar-refractivity contribution in [3.05, 3.63) is 0 Å². The monoisotopic (exact) mass is 361 g/mol. The fraction of sp³-hybridized carbons (Fsp3) is 0.905. The van der Waals surface area contributed by atoms with Crippen LogP contribution in [0.1, 0.15) is 70.6 Å². The summed E-state index contributed by atoms with van der Waals surface area (Å²) in [5, 5.41) is 6.75. The maximum Gasteiger partial charge on any atom is 0.225 e. The minimum Gasteiger partial charge on any atom is -0.353 e. The highest BCUT2D eigenvalue weighted by molar-refractivity contribution is 5.80. The van der Waals surface area contributed by atoms with E-state index in [-0.39, 0.29) is 17.7 Å². The molecule has 0 aromatic rings. The second kappa shape index (κ2) is 7.87. The average Bonchev–Trinajstić information content (AvgIpc) is 3.35. The minimum atomic E-state index is 0.186. The highest BCUT2D eigenvalue weighted by Gasteiger charge is 2.39. The summed E-state index contributed by atoms with van der Waals surface area (Å²) in [6.07, 6.45) is 12.0. The van der Waals surface area contributed by atoms with Crippen molar-refractivity contribution in [1.29, 1.82) is 0 Å². The summed E-state index contributed by atoms with van der Waals surface area (Å²) in [4.78, 5) is 27.4. The number of carbonyl (C=O) groups is 2. The molecule has 2 saturated carbocycles. The molecule has 2 amide bonds. The van der Waals surface area contributed by atoms with Crippen LogP contribution in [0.4, 0.5) is 0 Å². The van der Waals surface area contributed by atoms with E-state index in [9.17, 15) is 9.59 Å². The van der Waals surface area contributed by atoms with Crippen LogP contribution < -0.4 is 10.6 Å². The predicted molar refractivity (Wildman–Crippen MR) is 102 cm³/mol. The minimum absolute atomic E-state index is 0.186. The van der Waals surface area contributed by atoms with Gasteiger partial charge in [-0.2, -0.15) is 0 Å². The first-order valence-corrected chi connectivity index (χ1v) is 11.0. The van der Waals surface area contributed by atoms with Crippen LogP contribution in [0.5, 0.6) is 0 Å². The van der Waals surface area contributed by atoms with Crippen LogP contribution in [0.3, 0.4) is 0 Å². The van der Waals surface area contributed by atoms with Crippen molar-refractivity contribution in [2.24, 2.45) is 17.3 Å². The van der Waals surface area contributed by atoms with Gasteiger partial charge in [-0.05, 0) is 69.7 Å². The van der Waals surface area contributed by atoms with Crippen LogP contribution in [0.2, 0.25) is 0 Å². The highest BCUT2D eigenvalue weighted by atomic mass is 16.2. The molecule has 1 spiro atoms. The Balaban J connectivity index is 1.20. The molecule has 0 radical (unpaired) electrons. The number of amides is 2. The molecule has 0 unspecified atom stereocenters. The van der Waals surface area contributed by atoms with E-state index in [0.29, 0.717) is 17.4 Å². The molecule has 2 saturated heterocycles. The summed E-state index contributed by atoms with van der Waals surface area (Å²) < 4.78 is 0. The van der Waals surface area contributed by atoms with Crippen molar-refractivity contribution in [2.45, 2.75) is 76.7 Å². The Morgan fingerprint density at radius 1 is 0.885 bits per heavy atom. The van der Waals surface area contributed by atoms with Crippen LogP contribution in [0.25, 0.3) is 0 Å². The van der Waals surface area contributed by atoms with E-state index in [1.54, 1.807) is 0 Å². The van der Waals surface area contributed by atoms with Gasteiger partial charge in [0.25, 0.3) is 0 Å². The standard InChI is InChI=1S/C21H35N3O2/c25-19(16-3-1-2-4-16)23-18-7-5-17(6-8-18)20(26)24-13-10-21(11-14-24)9-12-22-15-21/h16-18,22H,1-15H2,(H,23,25). The number of nitrogens with zero attached hydrogens (tertiary/aromatic N) is 1. The molecule has 2 heterocycles. The Labute approximate surface area is 157 Å². The number of hydrogen-bond donors (Lipinski definition) is 2. The lowest BCUT2D eigenvalue weighted by molar-refractivity contribution is -0.139. The Morgan fingerprint density at radius 2 is 1.58 bits per heavy atom. The van der Waals surface area contributed by atoms with Crippen LogP contribution in [0.15, 0.2) is 0 Å². The van der Waals surface area contributed by atoms with Crippen molar-refractivity contribution in [2.75, 3.05) is 26.2 Å². The van der Waals surface area contributed by atoms with Gasteiger partial charge in [0.2, 0.25) is 11.8 Å². The van der Waals surface area contributed by atoms with E-state index in [1.165, 1.54) is 32.1 Å². The first kappa shape index (κ1) is 18.3. The number of likely N-dealkylation sites (tertiary alicyclic amines) is 1. The van der Waals surface area contributed by atoms with E-state index < -0.39 is 0 Å². The Morgan fingerprint density at radius 3 is 2.19 bits per heavy atom. The van der Waals surface area contributed by atoms with Crippen molar-refractivity contribution in [3.8, 4) is 0 Å². The molecule has 0 aromatic heterocycles. The fourth-order valence-electron chi connectivity index (χ4n) is 5.67. The van der Waals surface area contributed by atoms with Crippen molar-refractivity contribution in [1.82, 2.24) is 15.5 Å². The molecule has 0 aromatic carbocycles. The number of hydrogen-bond acceptors (Lipinski definition) is 3. The lowest BCUT2D eigenvalue weighted by Crippen LogP contribution is -2.47. The van der Waals surface area contributed by atoms with E-state index >= 15 is 0 Å². The summed E-state index contributed by atoms with van der Waals surface area (Å²) in [6.45, 7) is 4.17. The number of rotatable bonds is 3. The summed E-state index contributed by atoms with van der Waals surface area (Å²) in [5.74, 6) is 1.08. The molecule has 2 aliphatic heterocycles. The molecular formula is C21H35N3O2. The molecule has 4 rings (SSSR count). The maximum absolute atomic E-state index is 12.9. The van der Waals surface area contributed by atoms with Crippen LogP contribution in [-0.2, 0) is 9.59 Å². The van der Waals surface area contributed by atoms with Gasteiger partial charge in [-0.3, -0.25) is 9.59 Å². The van der Waals surface area contributed by atoms with Crippen LogP contribution in [0, 0.1) is 17.3 Å². The van der Waals surface area contributed by atoms with Gasteiger partial charge in [-0.25, -0.2) is 0 Å². The number of piperidine rings is 1. The largest absolute Gasteiger partial charge is 0.353 e. The summed E-state index contributed by atoms with van der Waals surface area (Å²) in [5.41, 5.74) is 0.471. The van der Waals surface area contributed by atoms with Crippen LogP contribution in [-0.4, -0.2) is 48.9 Å². The van der Waals surface area contributed by atoms with Gasteiger partial charge in [-0.15, -0.1) is 0 Å². The molecule has 0 bridgehead atoms. The van der Waals surface area contributed by atoms with Crippen LogP contribution >= 0.6 is 0 Å². The molecular weight excluding hydrogens is 326 g/mol. The lowest BCUT2D eigenvalue weighted by atomic mass is 9.77. The van der Waals surface area contributed by atoms with Crippen molar-refractivity contribution >= 4 is 11.8 Å². The molecule has 4 aliphatic rings. The second-order valence-electron chi connectivity index (χ2n) is 9.29. The zero-order valence-corrected chi connectivity index (χ0v) is 16.1. The average molecular weight is 362 g/mol. The summed E-state index contributed by atoms with van der Waals surface area (Å²) in [7, 11) is 0. The normalized spacial score (nSPS) is 32.1. The Kier molecular flexibility index (Phi) is 5.53. The Bertz CT molecular complexity index is 505. The first-order chi connectivity index (χ1) is 12.7. The Hall–Kier alpha value is -1.10. The van der Waals surface area contributed by atoms with Gasteiger partial charge in [0, 0.05) is 37.5 Å². The molecule has 146 valence electrons. The lowest BCUT2D eigenvalue weighted by Gasteiger charge is -2.41. The van der Waals surface area contributed by atoms with Crippen molar-refractivity contribution < 1.29 is 9.59 Å². The fourth-order valence-corrected chi connectivity index (χ4v) is 5.67. The van der Waals surface area contributed by atoms with Gasteiger partial charge in [0.15, 0.2) is 0 Å². The smallest absolute Gasteiger partial charge is 0.225 e. The third kappa shape index (κ3) is 3.92. The third-order valence-corrected chi connectivity index (χ3v) is 7.62. The predicted octanol–water partition coefficient (Wildman–Crippen LogP) is 2.45. The van der Waals surface area contributed by atoms with Gasteiger partial charge < -0.3 is 15.5 Å². The molecule has 5 heteroatoms. The van der Waals surface area contributed by atoms with E-state index in [4.69, 9.17) is 0 Å². The van der Waals surface area contributed by atoms with E-state index in [0.717, 1.165) is 64.7 Å². The number of nitrogens with one attached hydrogen (secondary N) is 2. The molecule has 5 nitrogen and oxygen atoms in total. The van der Waals surface area contributed by atoms with Gasteiger partial charge >= 0.3 is 0 Å².